The SMILES string of the molecule is c1ccc(-c2ccc(-c3cc(N=P(c4ccccc4)(c4ccccc4)c4ccccc4)cc(N=P(c4ccccc4)(c4ccccc4)c4ccccc4)c3)cc2)cc1. The number of hydrogen-bond donors (Lipinski definition) is 0. The van der Waals surface area contributed by atoms with Crippen molar-refractivity contribution in [3.05, 3.63) is 255 Å². The third-order valence-electron chi connectivity index (χ3n) is 10.5. The van der Waals surface area contributed by atoms with Crippen LogP contribution in [0.15, 0.2) is 264 Å². The fourth-order valence-electron chi connectivity index (χ4n) is 7.81. The lowest BCUT2D eigenvalue weighted by Gasteiger charge is -2.28. The molecule has 0 bridgehead atoms. The summed E-state index contributed by atoms with van der Waals surface area (Å²) in [6.45, 7) is 0. The van der Waals surface area contributed by atoms with E-state index in [1.54, 1.807) is 0 Å². The highest BCUT2D eigenvalue weighted by atomic mass is 31.2. The smallest absolute Gasteiger partial charge is 0.0652 e. The molecule has 0 aromatic heterocycles. The van der Waals surface area contributed by atoms with Gasteiger partial charge in [0.05, 0.1) is 25.5 Å². The van der Waals surface area contributed by atoms with Gasteiger partial charge in [-0.05, 0) is 40.5 Å². The summed E-state index contributed by atoms with van der Waals surface area (Å²) in [6.07, 6.45) is 0. The maximum Gasteiger partial charge on any atom is 0.0652 e. The molecule has 0 amide bonds. The lowest BCUT2D eigenvalue weighted by molar-refractivity contribution is 1.48. The average Bonchev–Trinajstić information content (AvgIpc) is 3.32. The van der Waals surface area contributed by atoms with Gasteiger partial charge in [-0.1, -0.05) is 237 Å². The van der Waals surface area contributed by atoms with E-state index in [0.29, 0.717) is 0 Å². The molecule has 0 radical (unpaired) electrons. The highest BCUT2D eigenvalue weighted by Gasteiger charge is 2.29. The predicted octanol–water partition coefficient (Wildman–Crippen LogP) is 12.6. The maximum absolute atomic E-state index is 6.02. The molecule has 58 heavy (non-hydrogen) atoms. The van der Waals surface area contributed by atoms with Crippen molar-refractivity contribution in [2.24, 2.45) is 9.49 Å². The Balaban J connectivity index is 1.38. The van der Waals surface area contributed by atoms with Gasteiger partial charge in [0, 0.05) is 31.8 Å². The molecule has 0 spiro atoms. The monoisotopic (exact) mass is 780 g/mol. The van der Waals surface area contributed by atoms with Crippen LogP contribution in [0.4, 0.5) is 11.4 Å². The van der Waals surface area contributed by atoms with Gasteiger partial charge in [-0.2, -0.15) is 0 Å². The summed E-state index contributed by atoms with van der Waals surface area (Å²) in [5.74, 6) is 0. The zero-order valence-electron chi connectivity index (χ0n) is 32.0. The Morgan fingerprint density at radius 1 is 0.207 bits per heavy atom. The van der Waals surface area contributed by atoms with Crippen molar-refractivity contribution < 1.29 is 0 Å². The zero-order chi connectivity index (χ0) is 39.0. The summed E-state index contributed by atoms with van der Waals surface area (Å²) < 4.78 is 12.0. The van der Waals surface area contributed by atoms with Crippen molar-refractivity contribution in [1.29, 1.82) is 0 Å². The molecule has 0 N–H and O–H groups in total. The summed E-state index contributed by atoms with van der Waals surface area (Å²) >= 11 is 0. The second kappa shape index (κ2) is 16.9. The van der Waals surface area contributed by atoms with Crippen molar-refractivity contribution in [2.75, 3.05) is 0 Å². The Morgan fingerprint density at radius 3 is 0.707 bits per heavy atom. The van der Waals surface area contributed by atoms with E-state index in [1.165, 1.54) is 43.0 Å². The van der Waals surface area contributed by atoms with Gasteiger partial charge in [0.1, 0.15) is 0 Å². The first-order chi connectivity index (χ1) is 28.7. The van der Waals surface area contributed by atoms with Crippen LogP contribution in [0.25, 0.3) is 22.3 Å². The molecule has 0 aliphatic rings. The Labute approximate surface area is 342 Å². The third-order valence-corrected chi connectivity index (χ3v) is 17.9. The number of rotatable bonds is 10. The zero-order valence-corrected chi connectivity index (χ0v) is 33.8. The first-order valence-electron chi connectivity index (χ1n) is 19.6. The highest BCUT2D eigenvalue weighted by Crippen LogP contribution is 2.53. The number of nitrogens with zero attached hydrogens (tertiary/aromatic N) is 2. The van der Waals surface area contributed by atoms with E-state index in [0.717, 1.165) is 22.5 Å². The molecule has 4 heteroatoms. The fraction of sp³-hybridized carbons (Fsp3) is 0. The molecular weight excluding hydrogens is 739 g/mol. The minimum absolute atomic E-state index is 0.889. The Hall–Kier alpha value is -6.56. The third kappa shape index (κ3) is 7.37. The second-order valence-corrected chi connectivity index (χ2v) is 20.2. The molecular formula is C54H42N2P2. The normalized spacial score (nSPS) is 11.4. The first kappa shape index (κ1) is 37.0. The summed E-state index contributed by atoms with van der Waals surface area (Å²) in [6, 6.07) is 91.2. The summed E-state index contributed by atoms with van der Waals surface area (Å²) in [5, 5.41) is 7.18. The fourth-order valence-corrected chi connectivity index (χ4v) is 14.8. The van der Waals surface area contributed by atoms with Crippen LogP contribution in [0.3, 0.4) is 0 Å². The minimum atomic E-state index is -2.59. The van der Waals surface area contributed by atoms with Gasteiger partial charge in [0.25, 0.3) is 0 Å². The van der Waals surface area contributed by atoms with Crippen molar-refractivity contribution in [3.8, 4) is 22.3 Å². The molecule has 0 heterocycles. The van der Waals surface area contributed by atoms with Crippen LogP contribution in [-0.2, 0) is 0 Å². The summed E-state index contributed by atoms with van der Waals surface area (Å²) in [4.78, 5) is 0. The van der Waals surface area contributed by atoms with Gasteiger partial charge in [0.2, 0.25) is 0 Å². The molecule has 2 nitrogen and oxygen atoms in total. The van der Waals surface area contributed by atoms with E-state index in [4.69, 9.17) is 9.49 Å². The van der Waals surface area contributed by atoms with Crippen LogP contribution in [0.1, 0.15) is 0 Å². The molecule has 0 atom stereocenters. The van der Waals surface area contributed by atoms with E-state index in [2.05, 4.69) is 255 Å². The molecule has 278 valence electrons. The molecule has 9 aromatic rings. The minimum Gasteiger partial charge on any atom is -0.254 e. The molecule has 0 aliphatic heterocycles. The maximum atomic E-state index is 6.02. The Bertz CT molecular complexity index is 2480. The van der Waals surface area contributed by atoms with Crippen LogP contribution < -0.4 is 31.8 Å². The van der Waals surface area contributed by atoms with Gasteiger partial charge in [-0.3, -0.25) is 9.49 Å². The topological polar surface area (TPSA) is 24.7 Å². The number of hydrogen-bond acceptors (Lipinski definition) is 2. The van der Waals surface area contributed by atoms with Crippen LogP contribution >= 0.6 is 14.1 Å². The van der Waals surface area contributed by atoms with Crippen LogP contribution in [0.2, 0.25) is 0 Å². The molecule has 0 saturated heterocycles. The van der Waals surface area contributed by atoms with Crippen molar-refractivity contribution in [2.45, 2.75) is 0 Å². The highest BCUT2D eigenvalue weighted by molar-refractivity contribution is 7.88. The van der Waals surface area contributed by atoms with Gasteiger partial charge in [-0.15, -0.1) is 0 Å². The standard InChI is InChI=1S/C54H42N2P2/c1-8-22-43(23-9-1)44-36-38-45(39-37-44)46-40-47(55-57(49-24-10-2-11-25-49,50-26-12-3-13-27-50)51-28-14-4-15-29-51)42-48(41-46)56-58(52-30-16-5-17-31-52,53-32-18-6-19-33-53)54-34-20-7-21-35-54/h1-42H. The van der Waals surface area contributed by atoms with E-state index in [1.807, 2.05) is 0 Å². The van der Waals surface area contributed by atoms with Gasteiger partial charge in [-0.25, -0.2) is 0 Å². The quantitative estimate of drug-likeness (QED) is 0.124. The van der Waals surface area contributed by atoms with Crippen LogP contribution in [0, 0.1) is 0 Å². The van der Waals surface area contributed by atoms with Crippen molar-refractivity contribution in [1.82, 2.24) is 0 Å². The summed E-state index contributed by atoms with van der Waals surface area (Å²) in [7, 11) is -5.17. The van der Waals surface area contributed by atoms with Gasteiger partial charge < -0.3 is 0 Å². The lowest BCUT2D eigenvalue weighted by atomic mass is 10.00. The molecule has 9 rings (SSSR count). The van der Waals surface area contributed by atoms with Crippen molar-refractivity contribution >= 4 is 57.3 Å². The molecule has 0 aliphatic carbocycles. The molecule has 0 saturated carbocycles. The van der Waals surface area contributed by atoms with E-state index >= 15 is 0 Å². The molecule has 9 aromatic carbocycles. The Morgan fingerprint density at radius 2 is 0.431 bits per heavy atom. The van der Waals surface area contributed by atoms with E-state index < -0.39 is 14.1 Å². The summed E-state index contributed by atoms with van der Waals surface area (Å²) in [5.41, 5.74) is 6.33. The largest absolute Gasteiger partial charge is 0.254 e. The molecule has 0 fully saturated rings. The number of benzene rings is 9. The second-order valence-electron chi connectivity index (χ2n) is 14.2. The van der Waals surface area contributed by atoms with E-state index in [-0.39, 0.29) is 0 Å². The van der Waals surface area contributed by atoms with Gasteiger partial charge in [0.15, 0.2) is 0 Å². The van der Waals surface area contributed by atoms with Crippen molar-refractivity contribution in [3.63, 3.8) is 0 Å². The van der Waals surface area contributed by atoms with Crippen LogP contribution in [-0.4, -0.2) is 0 Å². The van der Waals surface area contributed by atoms with Gasteiger partial charge >= 0.3 is 0 Å². The molecule has 0 unspecified atom stereocenters. The van der Waals surface area contributed by atoms with E-state index in [9.17, 15) is 0 Å². The predicted molar refractivity (Wildman–Crippen MR) is 252 cm³/mol. The van der Waals surface area contributed by atoms with Crippen LogP contribution in [0.5, 0.6) is 0 Å². The lowest BCUT2D eigenvalue weighted by Crippen LogP contribution is -2.25. The Kier molecular flexibility index (Phi) is 10.8. The first-order valence-corrected chi connectivity index (χ1v) is 23.1. The average molecular weight is 781 g/mol.